The minimum absolute atomic E-state index is 0.0783. The molecule has 0 radical (unpaired) electrons. The molecule has 94 heavy (non-hydrogen) atoms. The lowest BCUT2D eigenvalue weighted by atomic mass is 10.0. The maximum absolute atomic E-state index is 13.1. The van der Waals surface area contributed by atoms with Crippen molar-refractivity contribution in [3.05, 3.63) is 60.8 Å². The molecule has 5 atom stereocenters. The Hall–Kier alpha value is -3.24. The zero-order chi connectivity index (χ0) is 69.0. The average Bonchev–Trinajstić information content (AvgIpc) is 1.36. The highest BCUT2D eigenvalue weighted by molar-refractivity contribution is 7.47. The Balaban J connectivity index is 5.32. The van der Waals surface area contributed by atoms with Crippen LogP contribution in [0.2, 0.25) is 0 Å². The van der Waals surface area contributed by atoms with Gasteiger partial charge in [0.1, 0.15) is 19.3 Å². The Morgan fingerprint density at radius 3 is 0.872 bits per heavy atom. The molecule has 5 unspecified atom stereocenters. The maximum atomic E-state index is 13.1. The molecule has 0 aliphatic carbocycles. The van der Waals surface area contributed by atoms with Gasteiger partial charge in [0, 0.05) is 25.7 Å². The number of phosphoric acid groups is 2. The van der Waals surface area contributed by atoms with Crippen LogP contribution in [0.4, 0.5) is 0 Å². The molecular formula is C75H136O17P2. The predicted octanol–water partition coefficient (Wildman–Crippen LogP) is 21.1. The van der Waals surface area contributed by atoms with Gasteiger partial charge in [-0.1, -0.05) is 281 Å². The van der Waals surface area contributed by atoms with Crippen molar-refractivity contribution in [3.63, 3.8) is 0 Å². The molecule has 0 saturated carbocycles. The number of hydrogen-bond acceptors (Lipinski definition) is 15. The van der Waals surface area contributed by atoms with Gasteiger partial charge >= 0.3 is 39.5 Å². The van der Waals surface area contributed by atoms with E-state index >= 15 is 0 Å². The lowest BCUT2D eigenvalue weighted by Crippen LogP contribution is -2.30. The van der Waals surface area contributed by atoms with E-state index in [2.05, 4.69) is 88.5 Å². The Labute approximate surface area is 571 Å². The second-order valence-electron chi connectivity index (χ2n) is 25.2. The first kappa shape index (κ1) is 90.8. The molecule has 0 aliphatic heterocycles. The fraction of sp³-hybridized carbons (Fsp3) is 0.813. The number of ether oxygens (including phenoxy) is 4. The van der Waals surface area contributed by atoms with E-state index < -0.39 is 97.5 Å². The van der Waals surface area contributed by atoms with Crippen molar-refractivity contribution in [2.75, 3.05) is 39.6 Å². The summed E-state index contributed by atoms with van der Waals surface area (Å²) in [6, 6.07) is 0. The minimum Gasteiger partial charge on any atom is -0.462 e. The Bertz CT molecular complexity index is 2030. The molecule has 0 aromatic rings. The highest BCUT2D eigenvalue weighted by Crippen LogP contribution is 2.45. The van der Waals surface area contributed by atoms with Crippen LogP contribution in [0.1, 0.15) is 336 Å². The van der Waals surface area contributed by atoms with E-state index in [1.165, 1.54) is 116 Å². The van der Waals surface area contributed by atoms with Crippen LogP contribution >= 0.6 is 15.6 Å². The van der Waals surface area contributed by atoms with E-state index in [0.717, 1.165) is 141 Å². The standard InChI is InChI=1S/C75H136O17P2/c1-5-9-13-17-21-25-29-32-34-37-41-44-48-52-56-60-73(78)86-66-71(92-75(80)62-58-54-50-46-42-38-35-33-30-26-22-18-14-10-6-2)68-90-94(83,84)88-64-69(76)63-87-93(81,82)89-67-70(91-74(79)61-57-53-49-45-39-28-24-20-16-12-8-4)65-85-72(77)59-55-51-47-43-40-36-31-27-23-19-15-11-7-3/h9,13,21-22,25-26,32-35,69-71,76H,5-8,10-12,14-20,23-24,27-31,36-68H2,1-4H3,(H,81,82)(H,83,84)/b13-9-,25-21-,26-22-,34-32-,35-33-. The van der Waals surface area contributed by atoms with E-state index in [1.807, 2.05) is 0 Å². The largest absolute Gasteiger partial charge is 0.472 e. The summed E-state index contributed by atoms with van der Waals surface area (Å²) in [5, 5.41) is 10.6. The van der Waals surface area contributed by atoms with Gasteiger partial charge in [0.2, 0.25) is 0 Å². The van der Waals surface area contributed by atoms with Crippen molar-refractivity contribution in [1.29, 1.82) is 0 Å². The molecule has 17 nitrogen and oxygen atoms in total. The highest BCUT2D eigenvalue weighted by Gasteiger charge is 2.30. The van der Waals surface area contributed by atoms with Gasteiger partial charge in [0.25, 0.3) is 0 Å². The first-order chi connectivity index (χ1) is 45.7. The maximum Gasteiger partial charge on any atom is 0.472 e. The van der Waals surface area contributed by atoms with Crippen LogP contribution in [0.3, 0.4) is 0 Å². The number of phosphoric ester groups is 2. The molecule has 0 aromatic heterocycles. The number of carbonyl (C=O) groups excluding carboxylic acids is 4. The molecule has 0 fully saturated rings. The van der Waals surface area contributed by atoms with Crippen molar-refractivity contribution < 1.29 is 80.2 Å². The summed E-state index contributed by atoms with van der Waals surface area (Å²) in [5.74, 6) is -2.18. The van der Waals surface area contributed by atoms with Crippen molar-refractivity contribution >= 4 is 39.5 Å². The predicted molar refractivity (Wildman–Crippen MR) is 381 cm³/mol. The van der Waals surface area contributed by atoms with Crippen LogP contribution in [0, 0.1) is 0 Å². The molecule has 0 aliphatic rings. The van der Waals surface area contributed by atoms with Crippen LogP contribution in [0.15, 0.2) is 60.8 Å². The van der Waals surface area contributed by atoms with Gasteiger partial charge in [0.15, 0.2) is 12.2 Å². The summed E-state index contributed by atoms with van der Waals surface area (Å²) in [6.07, 6.45) is 65.0. The molecule has 0 bridgehead atoms. The Kier molecular flexibility index (Phi) is 65.9. The van der Waals surface area contributed by atoms with Crippen LogP contribution in [0.5, 0.6) is 0 Å². The molecule has 19 heteroatoms. The fourth-order valence-electron chi connectivity index (χ4n) is 10.3. The number of hydrogen-bond donors (Lipinski definition) is 3. The van der Waals surface area contributed by atoms with E-state index in [1.54, 1.807) is 0 Å². The van der Waals surface area contributed by atoms with Crippen LogP contribution in [0.25, 0.3) is 0 Å². The van der Waals surface area contributed by atoms with E-state index in [4.69, 9.17) is 37.0 Å². The fourth-order valence-corrected chi connectivity index (χ4v) is 11.8. The molecule has 3 N–H and O–H groups in total. The summed E-state index contributed by atoms with van der Waals surface area (Å²) in [7, 11) is -9.93. The van der Waals surface area contributed by atoms with Gasteiger partial charge in [-0.05, 0) is 89.9 Å². The average molecular weight is 1370 g/mol. The second-order valence-corrected chi connectivity index (χ2v) is 28.1. The summed E-state index contributed by atoms with van der Waals surface area (Å²) < 4.78 is 68.4. The molecule has 0 spiro atoms. The summed E-state index contributed by atoms with van der Waals surface area (Å²) in [6.45, 7) is 4.74. The number of rotatable bonds is 71. The third-order valence-corrected chi connectivity index (χ3v) is 17.9. The zero-order valence-electron chi connectivity index (χ0n) is 59.6. The second kappa shape index (κ2) is 68.3. The molecule has 0 saturated heterocycles. The first-order valence-electron chi connectivity index (χ1n) is 37.5. The SMILES string of the molecule is CC/C=C\C/C=C\C/C=C\CCCCCCCC(=O)OCC(COP(=O)(O)OCC(O)COP(=O)(O)OCC(COC(=O)CCCCCCCCCCCCCCC)OC(=O)CCCCCCCCCCCCC)OC(=O)CCCCCCC/C=C\C/C=C\CCCCC. The molecule has 0 aromatic carbocycles. The number of unbranched alkanes of at least 4 members (excludes halogenated alkanes) is 35. The first-order valence-corrected chi connectivity index (χ1v) is 40.5. The van der Waals surface area contributed by atoms with Gasteiger partial charge < -0.3 is 33.8 Å². The van der Waals surface area contributed by atoms with Crippen molar-refractivity contribution in [2.45, 2.75) is 354 Å². The molecule has 0 amide bonds. The normalized spacial score (nSPS) is 14.3. The number of aliphatic hydroxyl groups is 1. The van der Waals surface area contributed by atoms with Crippen molar-refractivity contribution in [2.24, 2.45) is 0 Å². The topological polar surface area (TPSA) is 237 Å². The van der Waals surface area contributed by atoms with Crippen molar-refractivity contribution in [1.82, 2.24) is 0 Å². The smallest absolute Gasteiger partial charge is 0.462 e. The number of carbonyl (C=O) groups is 4. The Morgan fingerprint density at radius 1 is 0.309 bits per heavy atom. The monoisotopic (exact) mass is 1370 g/mol. The lowest BCUT2D eigenvalue weighted by Gasteiger charge is -2.21. The summed E-state index contributed by atoms with van der Waals surface area (Å²) in [5.41, 5.74) is 0. The van der Waals surface area contributed by atoms with Gasteiger partial charge in [-0.3, -0.25) is 37.3 Å². The van der Waals surface area contributed by atoms with E-state index in [9.17, 15) is 43.2 Å². The number of esters is 4. The molecule has 0 rings (SSSR count). The van der Waals surface area contributed by atoms with Crippen LogP contribution in [-0.4, -0.2) is 96.7 Å². The summed E-state index contributed by atoms with van der Waals surface area (Å²) >= 11 is 0. The highest BCUT2D eigenvalue weighted by atomic mass is 31.2. The van der Waals surface area contributed by atoms with Gasteiger partial charge in [-0.2, -0.15) is 0 Å². The van der Waals surface area contributed by atoms with E-state index in [-0.39, 0.29) is 25.7 Å². The van der Waals surface area contributed by atoms with Gasteiger partial charge in [-0.25, -0.2) is 9.13 Å². The number of aliphatic hydroxyl groups excluding tert-OH is 1. The third kappa shape index (κ3) is 67.3. The summed E-state index contributed by atoms with van der Waals surface area (Å²) in [4.78, 5) is 72.7. The van der Waals surface area contributed by atoms with E-state index in [0.29, 0.717) is 25.7 Å². The Morgan fingerprint density at radius 2 is 0.553 bits per heavy atom. The molecular weight excluding hydrogens is 1230 g/mol. The van der Waals surface area contributed by atoms with Gasteiger partial charge in [-0.15, -0.1) is 0 Å². The third-order valence-electron chi connectivity index (χ3n) is 16.0. The molecule has 548 valence electrons. The van der Waals surface area contributed by atoms with Gasteiger partial charge in [0.05, 0.1) is 26.4 Å². The van der Waals surface area contributed by atoms with Crippen LogP contribution < -0.4 is 0 Å². The number of allylic oxidation sites excluding steroid dienone is 10. The molecule has 0 heterocycles. The van der Waals surface area contributed by atoms with Crippen LogP contribution in [-0.2, 0) is 65.4 Å². The zero-order valence-corrected chi connectivity index (χ0v) is 61.4. The lowest BCUT2D eigenvalue weighted by molar-refractivity contribution is -0.161. The minimum atomic E-state index is -4.97. The van der Waals surface area contributed by atoms with Crippen molar-refractivity contribution in [3.8, 4) is 0 Å². The quantitative estimate of drug-likeness (QED) is 0.0169.